The summed E-state index contributed by atoms with van der Waals surface area (Å²) in [6, 6.07) is -1.17. The zero-order valence-electron chi connectivity index (χ0n) is 15.1. The topological polar surface area (TPSA) is 133 Å². The van der Waals surface area contributed by atoms with Gasteiger partial charge >= 0.3 is 0 Å². The number of hydrogen-bond donors (Lipinski definition) is 7. The maximum Gasteiger partial charge on any atom is 0.0993 e. The molecule has 1 saturated heterocycles. The summed E-state index contributed by atoms with van der Waals surface area (Å²) in [7, 11) is 0. The predicted molar refractivity (Wildman–Crippen MR) is 95.1 cm³/mol. The number of unbranched alkanes of at least 4 members (excludes halogenated alkanes) is 5. The first-order valence-corrected chi connectivity index (χ1v) is 9.71. The lowest BCUT2D eigenvalue weighted by Gasteiger charge is -2.22. The van der Waals surface area contributed by atoms with Crippen LogP contribution in [0.5, 0.6) is 0 Å². The quantitative estimate of drug-likeness (QED) is 0.210. The van der Waals surface area contributed by atoms with Gasteiger partial charge in [-0.05, 0) is 25.7 Å². The zero-order valence-corrected chi connectivity index (χ0v) is 15.1. The molecule has 150 valence electrons. The summed E-state index contributed by atoms with van der Waals surface area (Å²) in [4.78, 5) is 0. The van der Waals surface area contributed by atoms with E-state index < -0.39 is 30.4 Å². The Kier molecular flexibility index (Phi) is 11.8. The van der Waals surface area contributed by atoms with Crippen molar-refractivity contribution in [1.82, 2.24) is 5.32 Å². The molecule has 0 saturated carbocycles. The first-order chi connectivity index (χ1) is 12.0. The molecule has 1 aliphatic heterocycles. The summed E-state index contributed by atoms with van der Waals surface area (Å²) in [5.74, 6) is 0. The molecule has 0 radical (unpaired) electrons. The highest BCUT2D eigenvalue weighted by molar-refractivity contribution is 5.00. The highest BCUT2D eigenvalue weighted by atomic mass is 16.3. The third-order valence-corrected chi connectivity index (χ3v) is 5.13. The SMILES string of the molecule is OCCCC(O)CCCCCCCCC(O)C1NC(CO)C(O)C1O. The van der Waals surface area contributed by atoms with Crippen LogP contribution in [0, 0.1) is 0 Å². The van der Waals surface area contributed by atoms with E-state index in [2.05, 4.69) is 5.32 Å². The lowest BCUT2D eigenvalue weighted by Crippen LogP contribution is -2.44. The van der Waals surface area contributed by atoms with Crippen molar-refractivity contribution in [2.45, 2.75) is 101 Å². The van der Waals surface area contributed by atoms with Gasteiger partial charge in [0.2, 0.25) is 0 Å². The van der Waals surface area contributed by atoms with Crippen molar-refractivity contribution in [3.8, 4) is 0 Å². The first-order valence-electron chi connectivity index (χ1n) is 9.71. The van der Waals surface area contributed by atoms with Gasteiger partial charge in [-0.1, -0.05) is 38.5 Å². The summed E-state index contributed by atoms with van der Waals surface area (Å²) < 4.78 is 0. The first kappa shape index (κ1) is 22.8. The van der Waals surface area contributed by atoms with E-state index in [1.54, 1.807) is 0 Å². The van der Waals surface area contributed by atoms with Crippen molar-refractivity contribution in [2.24, 2.45) is 0 Å². The monoisotopic (exact) mass is 363 g/mol. The number of aliphatic hydroxyl groups excluding tert-OH is 6. The molecule has 6 unspecified atom stereocenters. The van der Waals surface area contributed by atoms with Crippen LogP contribution >= 0.6 is 0 Å². The molecular weight excluding hydrogens is 326 g/mol. The second-order valence-electron chi connectivity index (χ2n) is 7.25. The molecule has 6 atom stereocenters. The van der Waals surface area contributed by atoms with Crippen LogP contribution in [0.1, 0.15) is 64.2 Å². The van der Waals surface area contributed by atoms with Crippen molar-refractivity contribution in [2.75, 3.05) is 13.2 Å². The second kappa shape index (κ2) is 13.0. The maximum atomic E-state index is 10.2. The highest BCUT2D eigenvalue weighted by Gasteiger charge is 2.43. The van der Waals surface area contributed by atoms with Crippen LogP contribution in [0.4, 0.5) is 0 Å². The Morgan fingerprint density at radius 1 is 0.720 bits per heavy atom. The molecule has 0 aromatic rings. The molecule has 1 rings (SSSR count). The van der Waals surface area contributed by atoms with E-state index in [0.29, 0.717) is 19.3 Å². The fraction of sp³-hybridized carbons (Fsp3) is 1.00. The van der Waals surface area contributed by atoms with Crippen LogP contribution in [0.3, 0.4) is 0 Å². The minimum absolute atomic E-state index is 0.135. The molecule has 7 heteroatoms. The predicted octanol–water partition coefficient (Wildman–Crippen LogP) is -0.344. The van der Waals surface area contributed by atoms with Crippen molar-refractivity contribution < 1.29 is 30.6 Å². The third kappa shape index (κ3) is 8.30. The van der Waals surface area contributed by atoms with Crippen LogP contribution in [-0.2, 0) is 0 Å². The molecule has 0 aromatic carbocycles. The Morgan fingerprint density at radius 2 is 1.28 bits per heavy atom. The van der Waals surface area contributed by atoms with Crippen LogP contribution in [-0.4, -0.2) is 80.4 Å². The van der Waals surface area contributed by atoms with E-state index in [-0.39, 0.29) is 19.3 Å². The Bertz CT molecular complexity index is 333. The third-order valence-electron chi connectivity index (χ3n) is 5.13. The van der Waals surface area contributed by atoms with E-state index in [1.807, 2.05) is 0 Å². The summed E-state index contributed by atoms with van der Waals surface area (Å²) in [6.45, 7) is -0.133. The molecule has 1 fully saturated rings. The lowest BCUT2D eigenvalue weighted by atomic mass is 9.98. The molecule has 1 aliphatic rings. The Labute approximate surface area is 150 Å². The van der Waals surface area contributed by atoms with Gasteiger partial charge in [0.25, 0.3) is 0 Å². The molecule has 0 aliphatic carbocycles. The molecule has 0 spiro atoms. The van der Waals surface area contributed by atoms with Gasteiger partial charge in [0.05, 0.1) is 43.1 Å². The summed E-state index contributed by atoms with van der Waals surface area (Å²) >= 11 is 0. The standard InChI is InChI=1S/C18H37NO6/c20-11-7-9-13(22)8-5-3-1-2-4-6-10-15(23)16-18(25)17(24)14(12-21)19-16/h13-25H,1-12H2. The van der Waals surface area contributed by atoms with E-state index in [1.165, 1.54) is 0 Å². The van der Waals surface area contributed by atoms with Gasteiger partial charge in [0.15, 0.2) is 0 Å². The van der Waals surface area contributed by atoms with Crippen LogP contribution < -0.4 is 5.32 Å². The number of rotatable bonds is 14. The fourth-order valence-corrected chi connectivity index (χ4v) is 3.49. The molecule has 0 amide bonds. The molecule has 0 aromatic heterocycles. The van der Waals surface area contributed by atoms with Crippen molar-refractivity contribution >= 4 is 0 Å². The van der Waals surface area contributed by atoms with Gasteiger partial charge in [-0.25, -0.2) is 0 Å². The van der Waals surface area contributed by atoms with E-state index in [4.69, 9.17) is 10.2 Å². The average molecular weight is 363 g/mol. The van der Waals surface area contributed by atoms with Gasteiger partial charge in [-0.3, -0.25) is 0 Å². The molecule has 7 nitrogen and oxygen atoms in total. The van der Waals surface area contributed by atoms with Gasteiger partial charge in [-0.15, -0.1) is 0 Å². The normalized spacial score (nSPS) is 29.0. The summed E-state index contributed by atoms with van der Waals surface area (Å²) in [6.07, 6.45) is 5.63. The van der Waals surface area contributed by atoms with Crippen LogP contribution in [0.25, 0.3) is 0 Å². The van der Waals surface area contributed by atoms with E-state index >= 15 is 0 Å². The second-order valence-corrected chi connectivity index (χ2v) is 7.25. The number of nitrogens with one attached hydrogen (secondary N) is 1. The minimum atomic E-state index is -1.05. The van der Waals surface area contributed by atoms with Gasteiger partial charge in [0, 0.05) is 6.61 Å². The minimum Gasteiger partial charge on any atom is -0.396 e. The van der Waals surface area contributed by atoms with Crippen molar-refractivity contribution in [3.63, 3.8) is 0 Å². The van der Waals surface area contributed by atoms with Crippen LogP contribution in [0.2, 0.25) is 0 Å². The van der Waals surface area contributed by atoms with Gasteiger partial charge in [0.1, 0.15) is 0 Å². The molecule has 1 heterocycles. The summed E-state index contributed by atoms with van der Waals surface area (Å²) in [5.41, 5.74) is 0. The van der Waals surface area contributed by atoms with Gasteiger partial charge < -0.3 is 36.0 Å². The fourth-order valence-electron chi connectivity index (χ4n) is 3.49. The number of hydrogen-bond acceptors (Lipinski definition) is 7. The maximum absolute atomic E-state index is 10.2. The smallest absolute Gasteiger partial charge is 0.0993 e. The van der Waals surface area contributed by atoms with Gasteiger partial charge in [-0.2, -0.15) is 0 Å². The van der Waals surface area contributed by atoms with Crippen molar-refractivity contribution in [3.05, 3.63) is 0 Å². The number of aliphatic hydroxyl groups is 6. The Morgan fingerprint density at radius 3 is 1.84 bits per heavy atom. The van der Waals surface area contributed by atoms with E-state index in [0.717, 1.165) is 44.9 Å². The van der Waals surface area contributed by atoms with Crippen molar-refractivity contribution in [1.29, 1.82) is 0 Å². The molecule has 0 bridgehead atoms. The largest absolute Gasteiger partial charge is 0.396 e. The lowest BCUT2D eigenvalue weighted by molar-refractivity contribution is -0.00443. The zero-order chi connectivity index (χ0) is 18.7. The van der Waals surface area contributed by atoms with E-state index in [9.17, 15) is 20.4 Å². The molecular formula is C18H37NO6. The molecule has 25 heavy (non-hydrogen) atoms. The Hall–Kier alpha value is -0.280. The Balaban J connectivity index is 2.01. The van der Waals surface area contributed by atoms with Crippen LogP contribution in [0.15, 0.2) is 0 Å². The molecule has 7 N–H and O–H groups in total. The summed E-state index contributed by atoms with van der Waals surface area (Å²) in [5, 5.41) is 60.2. The highest BCUT2D eigenvalue weighted by Crippen LogP contribution is 2.20. The average Bonchev–Trinajstić information content (AvgIpc) is 2.90.